The van der Waals surface area contributed by atoms with Crippen LogP contribution in [0.1, 0.15) is 18.1 Å². The molecule has 152 valence electrons. The average Bonchev–Trinajstić information content (AvgIpc) is 2.72. The summed E-state index contributed by atoms with van der Waals surface area (Å²) >= 11 is 0. The van der Waals surface area contributed by atoms with Crippen molar-refractivity contribution >= 4 is 5.96 Å². The lowest BCUT2D eigenvalue weighted by molar-refractivity contribution is 0.382. The molecule has 0 unspecified atom stereocenters. The fourth-order valence-electron chi connectivity index (χ4n) is 2.76. The first-order valence-corrected chi connectivity index (χ1v) is 9.08. The first kappa shape index (κ1) is 21.2. The SMILES string of the molecule is CCNC(=NCc1cc(OC)ccc1O)N(C)Cc1ccc(OC)cc1OC. The maximum absolute atomic E-state index is 10.1. The minimum atomic E-state index is 0.194. The molecule has 2 aromatic rings. The molecule has 0 saturated carbocycles. The Morgan fingerprint density at radius 3 is 2.32 bits per heavy atom. The van der Waals surface area contributed by atoms with E-state index in [1.807, 2.05) is 37.1 Å². The molecule has 0 bridgehead atoms. The monoisotopic (exact) mass is 387 g/mol. The standard InChI is InChI=1S/C21H29N3O4/c1-6-22-21(23-13-16-11-17(26-3)9-10-19(16)25)24(2)14-15-7-8-18(27-4)12-20(15)28-5/h7-12,25H,6,13-14H2,1-5H3,(H,22,23). The Morgan fingerprint density at radius 2 is 1.68 bits per heavy atom. The Hall–Kier alpha value is -3.09. The van der Waals surface area contributed by atoms with E-state index in [0.717, 1.165) is 29.6 Å². The summed E-state index contributed by atoms with van der Waals surface area (Å²) in [5, 5.41) is 13.4. The molecule has 0 amide bonds. The molecule has 28 heavy (non-hydrogen) atoms. The summed E-state index contributed by atoms with van der Waals surface area (Å²) in [6.45, 7) is 3.67. The van der Waals surface area contributed by atoms with Gasteiger partial charge in [-0.1, -0.05) is 0 Å². The van der Waals surface area contributed by atoms with E-state index in [0.29, 0.717) is 24.4 Å². The molecule has 0 saturated heterocycles. The average molecular weight is 387 g/mol. The number of methoxy groups -OCH3 is 3. The van der Waals surface area contributed by atoms with Gasteiger partial charge in [0.15, 0.2) is 5.96 Å². The number of aliphatic imine (C=N–C) groups is 1. The molecule has 0 aromatic heterocycles. The molecule has 0 atom stereocenters. The van der Waals surface area contributed by atoms with Crippen LogP contribution in [-0.2, 0) is 13.1 Å². The molecule has 7 heteroatoms. The quantitative estimate of drug-likeness (QED) is 0.536. The van der Waals surface area contributed by atoms with Crippen molar-refractivity contribution in [3.05, 3.63) is 47.5 Å². The normalized spacial score (nSPS) is 11.1. The highest BCUT2D eigenvalue weighted by Gasteiger charge is 2.12. The molecule has 0 heterocycles. The van der Waals surface area contributed by atoms with Gasteiger partial charge >= 0.3 is 0 Å². The lowest BCUT2D eigenvalue weighted by Crippen LogP contribution is -2.38. The summed E-state index contributed by atoms with van der Waals surface area (Å²) in [5.74, 6) is 3.11. The number of phenolic OH excluding ortho intramolecular Hbond substituents is 1. The summed E-state index contributed by atoms with van der Waals surface area (Å²) < 4.78 is 16.0. The molecule has 0 aliphatic carbocycles. The molecule has 2 N–H and O–H groups in total. The summed E-state index contributed by atoms with van der Waals surface area (Å²) in [5.41, 5.74) is 1.71. The van der Waals surface area contributed by atoms with Crippen LogP contribution in [0.5, 0.6) is 23.0 Å². The van der Waals surface area contributed by atoms with Crippen LogP contribution in [0.4, 0.5) is 0 Å². The van der Waals surface area contributed by atoms with Gasteiger partial charge in [-0.05, 0) is 37.3 Å². The van der Waals surface area contributed by atoms with E-state index >= 15 is 0 Å². The number of nitrogens with one attached hydrogen (secondary N) is 1. The molecule has 0 fully saturated rings. The molecular formula is C21H29N3O4. The van der Waals surface area contributed by atoms with E-state index < -0.39 is 0 Å². The minimum Gasteiger partial charge on any atom is -0.508 e. The number of benzene rings is 2. The number of ether oxygens (including phenoxy) is 3. The number of hydrogen-bond donors (Lipinski definition) is 2. The molecule has 0 radical (unpaired) electrons. The van der Waals surface area contributed by atoms with Crippen LogP contribution in [0, 0.1) is 0 Å². The van der Waals surface area contributed by atoms with Crippen molar-refractivity contribution in [2.24, 2.45) is 4.99 Å². The van der Waals surface area contributed by atoms with Gasteiger partial charge in [-0.3, -0.25) is 0 Å². The summed E-state index contributed by atoms with van der Waals surface area (Å²) in [7, 11) is 6.82. The largest absolute Gasteiger partial charge is 0.508 e. The van der Waals surface area contributed by atoms with Crippen LogP contribution in [0.25, 0.3) is 0 Å². The van der Waals surface area contributed by atoms with Crippen molar-refractivity contribution in [1.82, 2.24) is 10.2 Å². The highest BCUT2D eigenvalue weighted by atomic mass is 16.5. The zero-order valence-electron chi connectivity index (χ0n) is 17.2. The highest BCUT2D eigenvalue weighted by Crippen LogP contribution is 2.26. The number of nitrogens with zero attached hydrogens (tertiary/aromatic N) is 2. The van der Waals surface area contributed by atoms with Crippen molar-refractivity contribution < 1.29 is 19.3 Å². The molecule has 0 aliphatic heterocycles. The topological polar surface area (TPSA) is 75.6 Å². The van der Waals surface area contributed by atoms with Gasteiger partial charge < -0.3 is 29.5 Å². The lowest BCUT2D eigenvalue weighted by Gasteiger charge is -2.23. The third kappa shape index (κ3) is 5.45. The molecule has 7 nitrogen and oxygen atoms in total. The fourth-order valence-corrected chi connectivity index (χ4v) is 2.76. The third-order valence-electron chi connectivity index (χ3n) is 4.28. The highest BCUT2D eigenvalue weighted by molar-refractivity contribution is 5.79. The minimum absolute atomic E-state index is 0.194. The van der Waals surface area contributed by atoms with E-state index in [2.05, 4.69) is 10.3 Å². The zero-order chi connectivity index (χ0) is 20.5. The summed E-state index contributed by atoms with van der Waals surface area (Å²) in [6, 6.07) is 10.9. The van der Waals surface area contributed by atoms with Crippen molar-refractivity contribution in [2.75, 3.05) is 34.9 Å². The van der Waals surface area contributed by atoms with Gasteiger partial charge in [-0.15, -0.1) is 0 Å². The second-order valence-corrected chi connectivity index (χ2v) is 6.20. The molecule has 0 aliphatic rings. The second kappa shape index (κ2) is 10.3. The maximum Gasteiger partial charge on any atom is 0.194 e. The first-order valence-electron chi connectivity index (χ1n) is 9.08. The smallest absolute Gasteiger partial charge is 0.194 e. The molecule has 0 spiro atoms. The van der Waals surface area contributed by atoms with E-state index in [1.165, 1.54) is 0 Å². The van der Waals surface area contributed by atoms with Crippen molar-refractivity contribution in [2.45, 2.75) is 20.0 Å². The Bertz CT molecular complexity index is 808. The number of rotatable bonds is 8. The van der Waals surface area contributed by atoms with E-state index in [4.69, 9.17) is 14.2 Å². The maximum atomic E-state index is 10.1. The summed E-state index contributed by atoms with van der Waals surface area (Å²) in [4.78, 5) is 6.66. The molecular weight excluding hydrogens is 358 g/mol. The van der Waals surface area contributed by atoms with Crippen LogP contribution >= 0.6 is 0 Å². The van der Waals surface area contributed by atoms with Gasteiger partial charge in [-0.25, -0.2) is 4.99 Å². The zero-order valence-corrected chi connectivity index (χ0v) is 17.2. The van der Waals surface area contributed by atoms with E-state index in [1.54, 1.807) is 39.5 Å². The predicted octanol–water partition coefficient (Wildman–Crippen LogP) is 3.02. The third-order valence-corrected chi connectivity index (χ3v) is 4.28. The van der Waals surface area contributed by atoms with Crippen LogP contribution in [0.15, 0.2) is 41.4 Å². The number of guanidine groups is 1. The molecule has 2 aromatic carbocycles. The van der Waals surface area contributed by atoms with Gasteiger partial charge in [-0.2, -0.15) is 0 Å². The van der Waals surface area contributed by atoms with Crippen molar-refractivity contribution in [1.29, 1.82) is 0 Å². The number of phenols is 1. The molecule has 2 rings (SSSR count). The van der Waals surface area contributed by atoms with Gasteiger partial charge in [0.05, 0.1) is 27.9 Å². The second-order valence-electron chi connectivity index (χ2n) is 6.20. The predicted molar refractivity (Wildman–Crippen MR) is 110 cm³/mol. The number of hydrogen-bond acceptors (Lipinski definition) is 5. The Balaban J connectivity index is 2.20. The van der Waals surface area contributed by atoms with Crippen LogP contribution in [-0.4, -0.2) is 50.9 Å². The summed E-state index contributed by atoms with van der Waals surface area (Å²) in [6.07, 6.45) is 0. The van der Waals surface area contributed by atoms with Crippen LogP contribution in [0.2, 0.25) is 0 Å². The van der Waals surface area contributed by atoms with Crippen molar-refractivity contribution in [3.8, 4) is 23.0 Å². The van der Waals surface area contributed by atoms with Crippen LogP contribution < -0.4 is 19.5 Å². The number of aromatic hydroxyl groups is 1. The van der Waals surface area contributed by atoms with Crippen LogP contribution in [0.3, 0.4) is 0 Å². The van der Waals surface area contributed by atoms with Gasteiger partial charge in [0.2, 0.25) is 0 Å². The first-order chi connectivity index (χ1) is 13.5. The van der Waals surface area contributed by atoms with Gasteiger partial charge in [0.25, 0.3) is 0 Å². The van der Waals surface area contributed by atoms with Gasteiger partial charge in [0, 0.05) is 37.3 Å². The Morgan fingerprint density at radius 1 is 1.00 bits per heavy atom. The van der Waals surface area contributed by atoms with Crippen molar-refractivity contribution in [3.63, 3.8) is 0 Å². The van der Waals surface area contributed by atoms with E-state index in [9.17, 15) is 5.11 Å². The fraction of sp³-hybridized carbons (Fsp3) is 0.381. The lowest BCUT2D eigenvalue weighted by atomic mass is 10.2. The van der Waals surface area contributed by atoms with Gasteiger partial charge in [0.1, 0.15) is 23.0 Å². The Kier molecular flexibility index (Phi) is 7.80. The van der Waals surface area contributed by atoms with E-state index in [-0.39, 0.29) is 5.75 Å². The Labute approximate surface area is 166 Å².